The number of allylic oxidation sites excluding steroid dienone is 1. The molecule has 1 heterocycles. The molecule has 1 fully saturated rings. The zero-order chi connectivity index (χ0) is 12.6. The van der Waals surface area contributed by atoms with E-state index in [1.165, 1.54) is 45.2 Å². The smallest absolute Gasteiger partial charge is 0.0587 e. The predicted octanol–water partition coefficient (Wildman–Crippen LogP) is 2.04. The first kappa shape index (κ1) is 14.0. The van der Waals surface area contributed by atoms with Crippen molar-refractivity contribution in [1.29, 1.82) is 0 Å². The van der Waals surface area contributed by atoms with Crippen LogP contribution < -0.4 is 5.32 Å². The molecular formula is C15H28N2O. The second-order valence-corrected chi connectivity index (χ2v) is 5.63. The lowest BCUT2D eigenvalue weighted by Crippen LogP contribution is -2.45. The standard InChI is InChI=1S/C15H28N2O/c1-18-11-9-16-12-14-6-5-10-17(13-14)15-7-3-2-4-8-15/h3,7,14-16H,2,4-6,8-13H2,1H3. The Labute approximate surface area is 112 Å². The fraction of sp³-hybridized carbons (Fsp3) is 0.867. The van der Waals surface area contributed by atoms with Crippen LogP contribution in [0.3, 0.4) is 0 Å². The van der Waals surface area contributed by atoms with Gasteiger partial charge in [-0.05, 0) is 51.1 Å². The van der Waals surface area contributed by atoms with Gasteiger partial charge in [0.15, 0.2) is 0 Å². The highest BCUT2D eigenvalue weighted by Gasteiger charge is 2.24. The first-order valence-corrected chi connectivity index (χ1v) is 7.50. The third kappa shape index (κ3) is 4.38. The first-order valence-electron chi connectivity index (χ1n) is 7.50. The van der Waals surface area contributed by atoms with Gasteiger partial charge in [0.25, 0.3) is 0 Å². The van der Waals surface area contributed by atoms with Crippen molar-refractivity contribution in [3.8, 4) is 0 Å². The molecule has 1 aliphatic heterocycles. The number of methoxy groups -OCH3 is 1. The number of hydrogen-bond acceptors (Lipinski definition) is 3. The van der Waals surface area contributed by atoms with E-state index in [0.717, 1.165) is 31.7 Å². The summed E-state index contributed by atoms with van der Waals surface area (Å²) in [5.41, 5.74) is 0. The Balaban J connectivity index is 1.70. The summed E-state index contributed by atoms with van der Waals surface area (Å²) in [6.45, 7) is 5.52. The van der Waals surface area contributed by atoms with Gasteiger partial charge in [-0.15, -0.1) is 0 Å². The Morgan fingerprint density at radius 3 is 3.06 bits per heavy atom. The molecule has 2 unspecified atom stereocenters. The minimum Gasteiger partial charge on any atom is -0.383 e. The lowest BCUT2D eigenvalue weighted by molar-refractivity contribution is 0.132. The van der Waals surface area contributed by atoms with Crippen molar-refractivity contribution in [2.24, 2.45) is 5.92 Å². The molecule has 0 bridgehead atoms. The van der Waals surface area contributed by atoms with E-state index >= 15 is 0 Å². The molecule has 3 heteroatoms. The number of piperidine rings is 1. The number of nitrogens with zero attached hydrogens (tertiary/aromatic N) is 1. The maximum absolute atomic E-state index is 5.07. The second kappa shape index (κ2) is 7.93. The van der Waals surface area contributed by atoms with Crippen molar-refractivity contribution < 1.29 is 4.74 Å². The maximum Gasteiger partial charge on any atom is 0.0587 e. The minimum absolute atomic E-state index is 0.723. The van der Waals surface area contributed by atoms with E-state index < -0.39 is 0 Å². The third-order valence-electron chi connectivity index (χ3n) is 4.16. The molecule has 1 saturated heterocycles. The van der Waals surface area contributed by atoms with Gasteiger partial charge in [0, 0.05) is 26.2 Å². The Kier molecular flexibility index (Phi) is 6.18. The van der Waals surface area contributed by atoms with Crippen LogP contribution in [-0.4, -0.2) is 50.8 Å². The van der Waals surface area contributed by atoms with Crippen LogP contribution in [0.5, 0.6) is 0 Å². The number of likely N-dealkylation sites (tertiary alicyclic amines) is 1. The van der Waals surface area contributed by atoms with Crippen molar-refractivity contribution in [3.63, 3.8) is 0 Å². The summed E-state index contributed by atoms with van der Waals surface area (Å²) < 4.78 is 5.07. The first-order chi connectivity index (χ1) is 8.90. The highest BCUT2D eigenvalue weighted by molar-refractivity contribution is 4.99. The summed E-state index contributed by atoms with van der Waals surface area (Å²) in [6.07, 6.45) is 11.6. The zero-order valence-corrected chi connectivity index (χ0v) is 11.7. The molecule has 18 heavy (non-hydrogen) atoms. The van der Waals surface area contributed by atoms with E-state index in [-0.39, 0.29) is 0 Å². The van der Waals surface area contributed by atoms with E-state index in [9.17, 15) is 0 Å². The van der Waals surface area contributed by atoms with Gasteiger partial charge < -0.3 is 10.1 Å². The van der Waals surface area contributed by atoms with Crippen molar-refractivity contribution >= 4 is 0 Å². The van der Waals surface area contributed by atoms with E-state index in [1.54, 1.807) is 7.11 Å². The second-order valence-electron chi connectivity index (χ2n) is 5.63. The molecule has 2 rings (SSSR count). The summed E-state index contributed by atoms with van der Waals surface area (Å²) >= 11 is 0. The Bertz CT molecular complexity index is 255. The van der Waals surface area contributed by atoms with Crippen LogP contribution >= 0.6 is 0 Å². The van der Waals surface area contributed by atoms with Crippen LogP contribution in [0.2, 0.25) is 0 Å². The SMILES string of the molecule is COCCNCC1CCCN(C2C=CCCC2)C1. The molecule has 0 spiro atoms. The quantitative estimate of drug-likeness (QED) is 0.578. The third-order valence-corrected chi connectivity index (χ3v) is 4.16. The van der Waals surface area contributed by atoms with Gasteiger partial charge >= 0.3 is 0 Å². The van der Waals surface area contributed by atoms with Crippen molar-refractivity contribution in [1.82, 2.24) is 10.2 Å². The minimum atomic E-state index is 0.723. The van der Waals surface area contributed by atoms with Crippen LogP contribution in [0.25, 0.3) is 0 Å². The Morgan fingerprint density at radius 1 is 1.33 bits per heavy atom. The summed E-state index contributed by atoms with van der Waals surface area (Å²) in [5, 5.41) is 3.51. The summed E-state index contributed by atoms with van der Waals surface area (Å²) in [6, 6.07) is 0.723. The van der Waals surface area contributed by atoms with E-state index in [1.807, 2.05) is 0 Å². The molecule has 1 N–H and O–H groups in total. The van der Waals surface area contributed by atoms with E-state index in [4.69, 9.17) is 4.74 Å². The maximum atomic E-state index is 5.07. The van der Waals surface area contributed by atoms with Crippen LogP contribution in [0.1, 0.15) is 32.1 Å². The molecule has 0 amide bonds. The average Bonchev–Trinajstić information content (AvgIpc) is 2.45. The molecule has 1 aliphatic carbocycles. The Morgan fingerprint density at radius 2 is 2.28 bits per heavy atom. The largest absolute Gasteiger partial charge is 0.383 e. The molecule has 0 aromatic heterocycles. The van der Waals surface area contributed by atoms with Gasteiger partial charge in [-0.2, -0.15) is 0 Å². The van der Waals surface area contributed by atoms with E-state index in [2.05, 4.69) is 22.4 Å². The molecule has 2 aliphatic rings. The van der Waals surface area contributed by atoms with Gasteiger partial charge in [0.1, 0.15) is 0 Å². The fourth-order valence-corrected chi connectivity index (χ4v) is 3.14. The number of hydrogen-bond donors (Lipinski definition) is 1. The highest BCUT2D eigenvalue weighted by atomic mass is 16.5. The summed E-state index contributed by atoms with van der Waals surface area (Å²) in [4.78, 5) is 2.70. The van der Waals surface area contributed by atoms with Crippen molar-refractivity contribution in [2.75, 3.05) is 39.9 Å². The molecule has 104 valence electrons. The number of nitrogens with one attached hydrogen (secondary N) is 1. The molecule has 3 nitrogen and oxygen atoms in total. The van der Waals surface area contributed by atoms with Crippen molar-refractivity contribution in [2.45, 2.75) is 38.1 Å². The van der Waals surface area contributed by atoms with Crippen molar-refractivity contribution in [3.05, 3.63) is 12.2 Å². The number of ether oxygens (including phenoxy) is 1. The lowest BCUT2D eigenvalue weighted by atomic mass is 9.93. The molecule has 0 saturated carbocycles. The average molecular weight is 252 g/mol. The topological polar surface area (TPSA) is 24.5 Å². The van der Waals surface area contributed by atoms with Gasteiger partial charge in [0.2, 0.25) is 0 Å². The lowest BCUT2D eigenvalue weighted by Gasteiger charge is -2.38. The van der Waals surface area contributed by atoms with Gasteiger partial charge in [-0.1, -0.05) is 12.2 Å². The normalized spacial score (nSPS) is 29.6. The summed E-state index contributed by atoms with van der Waals surface area (Å²) in [7, 11) is 1.76. The fourth-order valence-electron chi connectivity index (χ4n) is 3.14. The predicted molar refractivity (Wildman–Crippen MR) is 75.8 cm³/mol. The van der Waals surface area contributed by atoms with E-state index in [0.29, 0.717) is 0 Å². The molecule has 0 aromatic carbocycles. The molecule has 0 radical (unpaired) electrons. The highest BCUT2D eigenvalue weighted by Crippen LogP contribution is 2.23. The van der Waals surface area contributed by atoms with Gasteiger partial charge in [0.05, 0.1) is 6.61 Å². The monoisotopic (exact) mass is 252 g/mol. The summed E-state index contributed by atoms with van der Waals surface area (Å²) in [5.74, 6) is 0.825. The molecular weight excluding hydrogens is 224 g/mol. The van der Waals surface area contributed by atoms with Crippen LogP contribution in [0.4, 0.5) is 0 Å². The molecule has 2 atom stereocenters. The van der Waals surface area contributed by atoms with Crippen LogP contribution in [0.15, 0.2) is 12.2 Å². The number of rotatable bonds is 6. The Hall–Kier alpha value is -0.380. The molecule has 0 aromatic rings. The van der Waals surface area contributed by atoms with Crippen LogP contribution in [0, 0.1) is 5.92 Å². The van der Waals surface area contributed by atoms with Gasteiger partial charge in [-0.3, -0.25) is 4.90 Å². The van der Waals surface area contributed by atoms with Gasteiger partial charge in [-0.25, -0.2) is 0 Å². The zero-order valence-electron chi connectivity index (χ0n) is 11.7. The van der Waals surface area contributed by atoms with Crippen LogP contribution in [-0.2, 0) is 4.74 Å².